The maximum atomic E-state index is 13.3. The van der Waals surface area contributed by atoms with Crippen LogP contribution in [0.2, 0.25) is 18.1 Å². The van der Waals surface area contributed by atoms with E-state index in [9.17, 15) is 4.79 Å². The first-order chi connectivity index (χ1) is 12.1. The molecule has 0 N–H and O–H groups in total. The van der Waals surface area contributed by atoms with Gasteiger partial charge in [0.25, 0.3) is 0 Å². The lowest BCUT2D eigenvalue weighted by atomic mass is 9.68. The van der Waals surface area contributed by atoms with E-state index in [0.29, 0.717) is 30.1 Å². The average Bonchev–Trinajstić information content (AvgIpc) is 2.48. The number of allylic oxidation sites excluding steroid dienone is 1. The second-order valence-corrected chi connectivity index (χ2v) is 16.6. The van der Waals surface area contributed by atoms with E-state index in [0.717, 1.165) is 12.0 Å². The number of ketones is 1. The molecule has 0 heterocycles. The molecule has 2 nitrogen and oxygen atoms in total. The fraction of sp³-hybridized carbons (Fsp3) is 0.875. The first-order valence-electron chi connectivity index (χ1n) is 10.9. The molecule has 3 atom stereocenters. The lowest BCUT2D eigenvalue weighted by Crippen LogP contribution is -2.42. The first-order valence-corrected chi connectivity index (χ1v) is 13.9. The molecule has 0 amide bonds. The third-order valence-corrected chi connectivity index (χ3v) is 11.5. The summed E-state index contributed by atoms with van der Waals surface area (Å²) in [6, 6.07) is 0. The molecule has 0 radical (unpaired) electrons. The van der Waals surface area contributed by atoms with Crippen LogP contribution in [0.5, 0.6) is 0 Å². The monoisotopic (exact) mass is 394 g/mol. The number of hydrogen-bond acceptors (Lipinski definition) is 2. The van der Waals surface area contributed by atoms with Crippen molar-refractivity contribution in [3.8, 4) is 0 Å². The fourth-order valence-electron chi connectivity index (χ4n) is 3.76. The molecule has 0 aromatic carbocycles. The Labute approximate surface area is 170 Å². The average molecular weight is 395 g/mol. The minimum Gasteiger partial charge on any atom is -0.413 e. The summed E-state index contributed by atoms with van der Waals surface area (Å²) in [5, 5.41) is 0.182. The molecule has 1 fully saturated rings. The van der Waals surface area contributed by atoms with E-state index >= 15 is 0 Å². The second-order valence-electron chi connectivity index (χ2n) is 11.8. The van der Waals surface area contributed by atoms with E-state index in [1.807, 2.05) is 6.08 Å². The molecule has 1 rings (SSSR count). The largest absolute Gasteiger partial charge is 0.413 e. The van der Waals surface area contributed by atoms with Crippen LogP contribution in [-0.4, -0.2) is 20.7 Å². The zero-order valence-electron chi connectivity index (χ0n) is 20.0. The summed E-state index contributed by atoms with van der Waals surface area (Å²) >= 11 is 0. The lowest BCUT2D eigenvalue weighted by molar-refractivity contribution is -0.122. The highest BCUT2D eigenvalue weighted by Crippen LogP contribution is 2.40. The topological polar surface area (TPSA) is 26.3 Å². The molecule has 0 spiro atoms. The summed E-state index contributed by atoms with van der Waals surface area (Å²) in [5.41, 5.74) is 1.10. The van der Waals surface area contributed by atoms with Crippen molar-refractivity contribution in [1.29, 1.82) is 0 Å². The van der Waals surface area contributed by atoms with Crippen molar-refractivity contribution < 1.29 is 9.22 Å². The smallest absolute Gasteiger partial charge is 0.192 e. The standard InChI is InChI=1S/C24H46O2Si/c1-17(2)20-13-12-18(3)14-21(20)22(25)15-19(23(4,5)6)16-26-27(10,11)24(7,8)9/h15,17-18,20-21H,12-14,16H2,1-11H3/b19-15+/t18-,20+,21-/m1/s1. The van der Waals surface area contributed by atoms with E-state index in [-0.39, 0.29) is 16.4 Å². The van der Waals surface area contributed by atoms with Gasteiger partial charge in [0.1, 0.15) is 0 Å². The Morgan fingerprint density at radius 3 is 2.11 bits per heavy atom. The Morgan fingerprint density at radius 1 is 1.11 bits per heavy atom. The van der Waals surface area contributed by atoms with Gasteiger partial charge in [-0.2, -0.15) is 0 Å². The van der Waals surface area contributed by atoms with Gasteiger partial charge in [0, 0.05) is 5.92 Å². The van der Waals surface area contributed by atoms with Crippen molar-refractivity contribution in [1.82, 2.24) is 0 Å². The molecule has 3 heteroatoms. The molecule has 1 aliphatic rings. The molecular weight excluding hydrogens is 348 g/mol. The third kappa shape index (κ3) is 6.85. The van der Waals surface area contributed by atoms with E-state index in [2.05, 4.69) is 75.4 Å². The van der Waals surface area contributed by atoms with Crippen LogP contribution in [0, 0.1) is 29.1 Å². The van der Waals surface area contributed by atoms with Crippen molar-refractivity contribution >= 4 is 14.1 Å². The summed E-state index contributed by atoms with van der Waals surface area (Å²) in [6.45, 7) is 25.4. The van der Waals surface area contributed by atoms with Crippen LogP contribution < -0.4 is 0 Å². The number of carbonyl (C=O) groups is 1. The number of carbonyl (C=O) groups excluding carboxylic acids is 1. The minimum atomic E-state index is -1.83. The SMILES string of the molecule is CC(C)[C@@H]1CC[C@@H](C)C[C@H]1C(=O)/C=C(\CO[Si](C)(C)C(C)(C)C)C(C)(C)C. The summed E-state index contributed by atoms with van der Waals surface area (Å²) in [5.74, 6) is 2.26. The van der Waals surface area contributed by atoms with Crippen molar-refractivity contribution in [3.63, 3.8) is 0 Å². The molecular formula is C24H46O2Si. The van der Waals surface area contributed by atoms with Crippen LogP contribution in [0.15, 0.2) is 11.6 Å². The summed E-state index contributed by atoms with van der Waals surface area (Å²) < 4.78 is 6.48. The number of rotatable bonds is 6. The van der Waals surface area contributed by atoms with Crippen molar-refractivity contribution in [2.24, 2.45) is 29.1 Å². The Balaban J connectivity index is 3.05. The maximum absolute atomic E-state index is 13.3. The highest BCUT2D eigenvalue weighted by Gasteiger charge is 2.38. The summed E-state index contributed by atoms with van der Waals surface area (Å²) in [4.78, 5) is 13.3. The molecule has 0 aromatic heterocycles. The van der Waals surface area contributed by atoms with Gasteiger partial charge in [0.15, 0.2) is 14.1 Å². The van der Waals surface area contributed by atoms with Crippen molar-refractivity contribution in [2.45, 2.75) is 99.7 Å². The van der Waals surface area contributed by atoms with Crippen molar-refractivity contribution in [2.75, 3.05) is 6.61 Å². The molecule has 0 aromatic rings. The zero-order valence-corrected chi connectivity index (χ0v) is 21.0. The second kappa shape index (κ2) is 8.94. The van der Waals surface area contributed by atoms with Gasteiger partial charge < -0.3 is 4.43 Å². The lowest BCUT2D eigenvalue weighted by Gasteiger charge is -2.38. The molecule has 0 aliphatic heterocycles. The Bertz CT molecular complexity index is 532. The van der Waals surface area contributed by atoms with Gasteiger partial charge in [0.2, 0.25) is 0 Å². The van der Waals surface area contributed by atoms with Gasteiger partial charge in [-0.15, -0.1) is 0 Å². The predicted octanol–water partition coefficient (Wildman–Crippen LogP) is 7.26. The van der Waals surface area contributed by atoms with Gasteiger partial charge in [0.05, 0.1) is 6.61 Å². The molecule has 1 aliphatic carbocycles. The Hall–Kier alpha value is -0.413. The van der Waals surface area contributed by atoms with Crippen LogP contribution in [0.3, 0.4) is 0 Å². The van der Waals surface area contributed by atoms with Crippen LogP contribution in [0.25, 0.3) is 0 Å². The van der Waals surface area contributed by atoms with Crippen LogP contribution in [0.1, 0.15) is 81.6 Å². The molecule has 0 bridgehead atoms. The molecule has 27 heavy (non-hydrogen) atoms. The third-order valence-electron chi connectivity index (χ3n) is 7.06. The van der Waals surface area contributed by atoms with Gasteiger partial charge >= 0.3 is 0 Å². The van der Waals surface area contributed by atoms with Crippen LogP contribution in [-0.2, 0) is 9.22 Å². The molecule has 0 saturated heterocycles. The molecule has 0 unspecified atom stereocenters. The number of hydrogen-bond donors (Lipinski definition) is 0. The van der Waals surface area contributed by atoms with Gasteiger partial charge in [-0.3, -0.25) is 4.79 Å². The summed E-state index contributed by atoms with van der Waals surface area (Å²) in [6.07, 6.45) is 5.45. The first kappa shape index (κ1) is 24.6. The molecule has 158 valence electrons. The van der Waals surface area contributed by atoms with Crippen LogP contribution >= 0.6 is 0 Å². The quantitative estimate of drug-likeness (QED) is 0.350. The normalized spacial score (nSPS) is 25.8. The highest BCUT2D eigenvalue weighted by atomic mass is 28.4. The Kier molecular flexibility index (Phi) is 8.16. The van der Waals surface area contributed by atoms with Gasteiger partial charge in [-0.1, -0.05) is 68.7 Å². The Morgan fingerprint density at radius 2 is 1.67 bits per heavy atom. The predicted molar refractivity (Wildman–Crippen MR) is 121 cm³/mol. The zero-order chi connectivity index (χ0) is 21.2. The molecule has 1 saturated carbocycles. The van der Waals surface area contributed by atoms with E-state index in [1.54, 1.807) is 0 Å². The van der Waals surface area contributed by atoms with Crippen molar-refractivity contribution in [3.05, 3.63) is 11.6 Å². The van der Waals surface area contributed by atoms with E-state index in [4.69, 9.17) is 4.43 Å². The van der Waals surface area contributed by atoms with E-state index in [1.165, 1.54) is 12.8 Å². The summed E-state index contributed by atoms with van der Waals surface area (Å²) in [7, 11) is -1.83. The fourth-order valence-corrected chi connectivity index (χ4v) is 4.71. The van der Waals surface area contributed by atoms with Crippen LogP contribution in [0.4, 0.5) is 0 Å². The highest BCUT2D eigenvalue weighted by molar-refractivity contribution is 6.74. The minimum absolute atomic E-state index is 0.0500. The van der Waals surface area contributed by atoms with Gasteiger partial charge in [-0.25, -0.2) is 0 Å². The van der Waals surface area contributed by atoms with E-state index < -0.39 is 8.32 Å². The maximum Gasteiger partial charge on any atom is 0.192 e. The van der Waals surface area contributed by atoms with Gasteiger partial charge in [-0.05, 0) is 65.8 Å².